The molecule has 8 nitrogen and oxygen atoms in total. The molecular formula is C120H63N3O5S. The van der Waals surface area contributed by atoms with Gasteiger partial charge in [0, 0.05) is 128 Å². The minimum atomic E-state index is 0.919. The fourth-order valence-electron chi connectivity index (χ4n) is 23.5. The topological polar surface area (TPSA) is 80.5 Å². The van der Waals surface area contributed by atoms with Gasteiger partial charge in [0.2, 0.25) is 0 Å². The summed E-state index contributed by atoms with van der Waals surface area (Å²) < 4.78 is 42.2. The van der Waals surface area contributed by atoms with Crippen LogP contribution in [0.25, 0.3) is 311 Å². The zero-order valence-corrected chi connectivity index (χ0v) is 69.5. The lowest BCUT2D eigenvalue weighted by Crippen LogP contribution is -1.95. The van der Waals surface area contributed by atoms with Gasteiger partial charge in [-0.1, -0.05) is 249 Å². The summed E-state index contributed by atoms with van der Waals surface area (Å²) in [7, 11) is 0. The van der Waals surface area contributed by atoms with Crippen molar-refractivity contribution in [3.63, 3.8) is 0 Å². The number of thiophene rings is 1. The number of rotatable bonds is 3. The van der Waals surface area contributed by atoms with Crippen molar-refractivity contribution >= 4 is 239 Å². The van der Waals surface area contributed by atoms with Crippen LogP contribution in [0, 0.1) is 0 Å². The highest BCUT2D eigenvalue weighted by Crippen LogP contribution is 2.59. The zero-order chi connectivity index (χ0) is 83.4. The van der Waals surface area contributed by atoms with Crippen LogP contribution in [0.15, 0.2) is 404 Å². The second kappa shape index (κ2) is 25.0. The molecular weight excluding hydrogens is 1600 g/mol. The van der Waals surface area contributed by atoms with Gasteiger partial charge in [-0.25, -0.2) is 0 Å². The molecule has 0 N–H and O–H groups in total. The maximum absolute atomic E-state index is 6.55. The first-order chi connectivity index (χ1) is 64.0. The fourth-order valence-corrected chi connectivity index (χ4v) is 24.7. The van der Waals surface area contributed by atoms with Gasteiger partial charge in [0.15, 0.2) is 0 Å². The zero-order valence-electron chi connectivity index (χ0n) is 68.7. The molecule has 30 aromatic rings. The molecule has 0 atom stereocenters. The Morgan fingerprint density at radius 3 is 0.961 bits per heavy atom. The quantitative estimate of drug-likeness (QED) is 0.176. The Morgan fingerprint density at radius 2 is 0.473 bits per heavy atom. The first kappa shape index (κ1) is 68.5. The Morgan fingerprint density at radius 1 is 0.155 bits per heavy atom. The molecule has 594 valence electrons. The Balaban J connectivity index is 0.0000000919. The number of hydrogen-bond acceptors (Lipinski definition) is 6. The van der Waals surface area contributed by atoms with Gasteiger partial charge in [-0.2, -0.15) is 0 Å². The van der Waals surface area contributed by atoms with Crippen LogP contribution in [0.5, 0.6) is 0 Å². The molecule has 0 spiro atoms. The van der Waals surface area contributed by atoms with E-state index in [1.165, 1.54) is 201 Å². The van der Waals surface area contributed by atoms with Crippen LogP contribution in [-0.2, 0) is 0 Å². The van der Waals surface area contributed by atoms with Crippen molar-refractivity contribution < 1.29 is 22.1 Å². The van der Waals surface area contributed by atoms with Crippen molar-refractivity contribution in [2.75, 3.05) is 0 Å². The number of nitrogens with zero attached hydrogens (tertiary/aromatic N) is 3. The third-order valence-electron chi connectivity index (χ3n) is 28.6. The molecule has 0 saturated heterocycles. The summed E-state index contributed by atoms with van der Waals surface area (Å²) in [5.41, 5.74) is 35.2. The average Bonchev–Trinajstić information content (AvgIpc) is 1.54. The highest BCUT2D eigenvalue weighted by Gasteiger charge is 2.34. The molecule has 0 amide bonds. The summed E-state index contributed by atoms with van der Waals surface area (Å²) in [6.07, 6.45) is 0. The van der Waals surface area contributed by atoms with Crippen molar-refractivity contribution in [1.29, 1.82) is 0 Å². The van der Waals surface area contributed by atoms with Crippen LogP contribution < -0.4 is 0 Å². The normalized spacial score (nSPS) is 12.7. The molecule has 3 aliphatic carbocycles. The van der Waals surface area contributed by atoms with E-state index in [0.29, 0.717) is 0 Å². The summed E-state index contributed by atoms with van der Waals surface area (Å²) >= 11 is 1.90. The molecule has 129 heavy (non-hydrogen) atoms. The van der Waals surface area contributed by atoms with E-state index in [9.17, 15) is 0 Å². The first-order valence-corrected chi connectivity index (χ1v) is 44.9. The molecule has 0 fully saturated rings. The van der Waals surface area contributed by atoms with E-state index in [0.717, 1.165) is 110 Å². The monoisotopic (exact) mass is 1660 g/mol. The van der Waals surface area contributed by atoms with E-state index >= 15 is 0 Å². The Hall–Kier alpha value is -17.0. The van der Waals surface area contributed by atoms with Crippen molar-refractivity contribution in [2.24, 2.45) is 0 Å². The molecule has 33 rings (SSSR count). The number of aromatic nitrogens is 3. The summed E-state index contributed by atoms with van der Waals surface area (Å²) in [6, 6.07) is 138. The number of benzene rings is 21. The summed E-state index contributed by atoms with van der Waals surface area (Å²) in [5.74, 6) is 0. The van der Waals surface area contributed by atoms with Gasteiger partial charge in [-0.3, -0.25) is 0 Å². The number of para-hydroxylation sites is 8. The van der Waals surface area contributed by atoms with E-state index in [4.69, 9.17) is 22.1 Å². The lowest BCUT2D eigenvalue weighted by Gasteiger charge is -2.13. The van der Waals surface area contributed by atoms with Crippen LogP contribution in [0.3, 0.4) is 0 Å². The largest absolute Gasteiger partial charge is 0.456 e. The van der Waals surface area contributed by atoms with Crippen molar-refractivity contribution in [1.82, 2.24) is 13.7 Å². The van der Waals surface area contributed by atoms with Crippen LogP contribution in [-0.4, -0.2) is 13.7 Å². The van der Waals surface area contributed by atoms with Crippen molar-refractivity contribution in [3.05, 3.63) is 382 Å². The molecule has 0 aliphatic heterocycles. The highest BCUT2D eigenvalue weighted by molar-refractivity contribution is 7.26. The Labute approximate surface area is 735 Å². The molecule has 21 aromatic carbocycles. The van der Waals surface area contributed by atoms with Crippen LogP contribution in [0.2, 0.25) is 0 Å². The van der Waals surface area contributed by atoms with Gasteiger partial charge < -0.3 is 35.8 Å². The van der Waals surface area contributed by atoms with E-state index in [1.807, 2.05) is 41.7 Å². The van der Waals surface area contributed by atoms with Gasteiger partial charge in [-0.05, 0) is 200 Å². The predicted molar refractivity (Wildman–Crippen MR) is 537 cm³/mol. The van der Waals surface area contributed by atoms with Crippen molar-refractivity contribution in [3.8, 4) is 83.8 Å². The summed E-state index contributed by atoms with van der Waals surface area (Å²) in [4.78, 5) is 0. The molecule has 0 saturated carbocycles. The molecule has 9 heterocycles. The standard InChI is InChI=1S/2C40H21NO2.C40H21NOS/c1-4-13-30-27(9-1)38-32(20-16-25-22-8-2-5-14-33(22)43-40(25)38)41(30)31-19-17-29-36-23(11-7-12-26(31)36)24-18-21-35-39(37(24)29)28-10-3-6-15-34(28)42-35;1-4-13-30-27(9-1)38-32(20-17-25-22-8-2-5-14-33(22)43-40(25)38)41(30)31-19-16-23-24-18-21-35-39(28-10-3-6-15-34(28)42-35)37(24)29-12-7-11-26(31)36(23)29;1-4-13-31-29(10-1)38-33(21-19-27-23-9-3-6-15-35(23)43-40(27)38)41(31)32-20-18-24-25-16-17-26-22-8-2-5-14-34(22)42-39(26)37(25)30-12-7-11-28(32)36(24)30/h3*1-21H. The second-order valence-corrected chi connectivity index (χ2v) is 35.9. The van der Waals surface area contributed by atoms with Gasteiger partial charge in [0.05, 0.1) is 60.9 Å². The van der Waals surface area contributed by atoms with E-state index in [-0.39, 0.29) is 0 Å². The van der Waals surface area contributed by atoms with E-state index in [2.05, 4.69) is 366 Å². The van der Waals surface area contributed by atoms with Crippen LogP contribution in [0.4, 0.5) is 0 Å². The molecule has 0 radical (unpaired) electrons. The highest BCUT2D eigenvalue weighted by atomic mass is 32.1. The predicted octanol–water partition coefficient (Wildman–Crippen LogP) is 34.6. The summed E-state index contributed by atoms with van der Waals surface area (Å²) in [6.45, 7) is 0. The van der Waals surface area contributed by atoms with Crippen LogP contribution >= 0.6 is 11.3 Å². The third-order valence-corrected chi connectivity index (χ3v) is 29.8. The van der Waals surface area contributed by atoms with E-state index < -0.39 is 0 Å². The lowest BCUT2D eigenvalue weighted by molar-refractivity contribution is 0.668. The average molecular weight is 1660 g/mol. The minimum absolute atomic E-state index is 0.919. The van der Waals surface area contributed by atoms with Gasteiger partial charge in [0.25, 0.3) is 0 Å². The number of fused-ring (bicyclic) bond motifs is 42. The molecule has 0 unspecified atom stereocenters. The Kier molecular flexibility index (Phi) is 13.2. The molecule has 0 bridgehead atoms. The maximum atomic E-state index is 6.55. The smallest absolute Gasteiger partial charge is 0.145 e. The maximum Gasteiger partial charge on any atom is 0.145 e. The third kappa shape index (κ3) is 8.90. The molecule has 9 aromatic heterocycles. The van der Waals surface area contributed by atoms with E-state index in [1.54, 1.807) is 0 Å². The van der Waals surface area contributed by atoms with Gasteiger partial charge in [0.1, 0.15) is 55.8 Å². The SMILES string of the molecule is c1ccc2c(c1)oc1c2ccc2c1c1ccccc1n2-c1ccc2c3c(cccc13)-c1c-2ccc2oc3ccccc3c12.c1ccc2c(c1)oc1c2ccc2c1c1ccccc1n2-c1ccc2c3c(cccc13)-c1ccc3oc4ccccc4c3c1-2.c1ccc2c(c1)oc1c3c(ccc12)-c1ccc(-n2c4ccccc4c4c5sc6ccccc6c5ccc42)c2cccc-3c12. The summed E-state index contributed by atoms with van der Waals surface area (Å²) in [5, 5.41) is 29.3. The minimum Gasteiger partial charge on any atom is -0.456 e. The number of furan rings is 5. The molecule has 9 heteroatoms. The fraction of sp³-hybridized carbons (Fsp3) is 0. The number of hydrogen-bond donors (Lipinski definition) is 0. The van der Waals surface area contributed by atoms with Gasteiger partial charge >= 0.3 is 0 Å². The van der Waals surface area contributed by atoms with Crippen LogP contribution in [0.1, 0.15) is 0 Å². The first-order valence-electron chi connectivity index (χ1n) is 44.1. The molecule has 3 aliphatic rings. The second-order valence-electron chi connectivity index (χ2n) is 34.8. The van der Waals surface area contributed by atoms with Crippen molar-refractivity contribution in [2.45, 2.75) is 0 Å². The van der Waals surface area contributed by atoms with Gasteiger partial charge in [-0.15, -0.1) is 11.3 Å². The lowest BCUT2D eigenvalue weighted by atomic mass is 9.98. The Bertz CT molecular complexity index is 10000.